The van der Waals surface area contributed by atoms with E-state index in [1.54, 1.807) is 23.5 Å². The quantitative estimate of drug-likeness (QED) is 0.531. The minimum absolute atomic E-state index is 0.115. The molecule has 0 atom stereocenters. The molecule has 0 N–H and O–H groups in total. The summed E-state index contributed by atoms with van der Waals surface area (Å²) >= 11 is 6.05. The van der Waals surface area contributed by atoms with Gasteiger partial charge in [-0.1, -0.05) is 12.8 Å². The normalized spacial score (nSPS) is 17.0. The lowest BCUT2D eigenvalue weighted by atomic mass is 9.99. The van der Waals surface area contributed by atoms with E-state index < -0.39 is 0 Å². The topological polar surface area (TPSA) is 59.3 Å². The average molecular weight is 321 g/mol. The van der Waals surface area contributed by atoms with Crippen molar-refractivity contribution < 1.29 is 4.92 Å². The highest BCUT2D eigenvalue weighted by Crippen LogP contribution is 2.35. The van der Waals surface area contributed by atoms with Crippen molar-refractivity contribution in [3.63, 3.8) is 0 Å². The Morgan fingerprint density at radius 2 is 1.95 bits per heavy atom. The van der Waals surface area contributed by atoms with E-state index in [4.69, 9.17) is 0 Å². The second-order valence-corrected chi connectivity index (χ2v) is 6.72. The maximum Gasteiger partial charge on any atom is 0.269 e. The van der Waals surface area contributed by atoms with Gasteiger partial charge in [-0.25, -0.2) is 4.98 Å². The van der Waals surface area contributed by atoms with Gasteiger partial charge in [-0.2, -0.15) is 0 Å². The Hall–Kier alpha value is -1.44. The van der Waals surface area contributed by atoms with Gasteiger partial charge in [0, 0.05) is 37.3 Å². The first-order valence-corrected chi connectivity index (χ1v) is 7.99. The summed E-state index contributed by atoms with van der Waals surface area (Å²) in [5.74, 6) is 0.505. The van der Waals surface area contributed by atoms with Crippen LogP contribution in [0.1, 0.15) is 23.8 Å². The number of nitro benzene ring substituents is 1. The number of hydrogen-bond donors (Lipinski definition) is 1. The van der Waals surface area contributed by atoms with Gasteiger partial charge in [0.05, 0.1) is 14.8 Å². The number of non-ortho nitro benzene ring substituents is 1. The molecule has 0 aliphatic carbocycles. The Bertz CT molecular complexity index is 634. The molecule has 21 heavy (non-hydrogen) atoms. The molecule has 0 spiro atoms. The maximum atomic E-state index is 10.7. The Kier molecular flexibility index (Phi) is 4.23. The minimum atomic E-state index is -0.382. The number of nitrogens with zero attached hydrogens (tertiary/aromatic N) is 3. The largest absolute Gasteiger partial charge is 0.269 e. The first kappa shape index (κ1) is 14.5. The molecule has 0 unspecified atom stereocenters. The molecule has 7 heteroatoms. The molecule has 1 saturated heterocycles. The first-order valence-electron chi connectivity index (χ1n) is 6.78. The molecular formula is C14H15N3O2S2. The molecule has 1 aliphatic rings. The van der Waals surface area contributed by atoms with Gasteiger partial charge in [-0.05, 0) is 30.5 Å². The van der Waals surface area contributed by atoms with E-state index in [1.165, 1.54) is 12.1 Å². The molecule has 3 rings (SSSR count). The second-order valence-electron chi connectivity index (χ2n) is 5.09. The van der Waals surface area contributed by atoms with Crippen LogP contribution in [0.5, 0.6) is 0 Å². The number of aromatic nitrogens is 1. The van der Waals surface area contributed by atoms with E-state index >= 15 is 0 Å². The standard InChI is InChI=1S/C14H15N3O2S2/c18-17(19)12-3-1-10(2-4-12)13-9-15-14(21-13)11-5-7-16(20)8-6-11/h1-4,9,11,20H,5-8H2. The zero-order valence-electron chi connectivity index (χ0n) is 11.3. The predicted octanol–water partition coefficient (Wildman–Crippen LogP) is 3.74. The third kappa shape index (κ3) is 3.25. The van der Waals surface area contributed by atoms with Crippen LogP contribution >= 0.6 is 24.2 Å². The van der Waals surface area contributed by atoms with E-state index in [-0.39, 0.29) is 10.6 Å². The van der Waals surface area contributed by atoms with Crippen molar-refractivity contribution in [3.8, 4) is 10.4 Å². The van der Waals surface area contributed by atoms with Crippen LogP contribution in [0.3, 0.4) is 0 Å². The third-order valence-electron chi connectivity index (χ3n) is 3.71. The monoisotopic (exact) mass is 321 g/mol. The van der Waals surface area contributed by atoms with Crippen LogP contribution in [0.2, 0.25) is 0 Å². The molecule has 5 nitrogen and oxygen atoms in total. The van der Waals surface area contributed by atoms with E-state index in [9.17, 15) is 10.1 Å². The predicted molar refractivity (Wildman–Crippen MR) is 86.7 cm³/mol. The zero-order valence-corrected chi connectivity index (χ0v) is 13.0. The van der Waals surface area contributed by atoms with Gasteiger partial charge in [-0.3, -0.25) is 14.4 Å². The fraction of sp³-hybridized carbons (Fsp3) is 0.357. The summed E-state index contributed by atoms with van der Waals surface area (Å²) in [4.78, 5) is 15.9. The average Bonchev–Trinajstić information content (AvgIpc) is 2.98. The van der Waals surface area contributed by atoms with Gasteiger partial charge in [0.15, 0.2) is 0 Å². The summed E-state index contributed by atoms with van der Waals surface area (Å²) in [6, 6.07) is 6.64. The van der Waals surface area contributed by atoms with Crippen LogP contribution in [0, 0.1) is 10.1 Å². The number of rotatable bonds is 3. The molecule has 110 valence electrons. The summed E-state index contributed by atoms with van der Waals surface area (Å²) in [6.07, 6.45) is 4.03. The highest BCUT2D eigenvalue weighted by molar-refractivity contribution is 7.77. The lowest BCUT2D eigenvalue weighted by molar-refractivity contribution is -0.384. The van der Waals surface area contributed by atoms with Gasteiger partial charge < -0.3 is 0 Å². The summed E-state index contributed by atoms with van der Waals surface area (Å²) in [7, 11) is 0. The lowest BCUT2D eigenvalue weighted by Gasteiger charge is -2.26. The van der Waals surface area contributed by atoms with Crippen molar-refractivity contribution in [2.24, 2.45) is 0 Å². The molecule has 1 fully saturated rings. The second kappa shape index (κ2) is 6.13. The fourth-order valence-corrected chi connectivity index (χ4v) is 3.79. The Labute approximate surface area is 132 Å². The van der Waals surface area contributed by atoms with Gasteiger partial charge in [0.2, 0.25) is 0 Å². The fourth-order valence-electron chi connectivity index (χ4n) is 2.47. The Morgan fingerprint density at radius 3 is 2.57 bits per heavy atom. The minimum Gasteiger partial charge on any atom is -0.258 e. The molecule has 2 heterocycles. The van der Waals surface area contributed by atoms with Crippen molar-refractivity contribution in [1.29, 1.82) is 0 Å². The number of nitro groups is 1. The van der Waals surface area contributed by atoms with Crippen LogP contribution in [0.4, 0.5) is 5.69 Å². The number of thiazole rings is 1. The molecule has 1 aromatic heterocycles. The zero-order chi connectivity index (χ0) is 14.8. The van der Waals surface area contributed by atoms with Crippen LogP contribution in [-0.2, 0) is 0 Å². The molecule has 2 aromatic rings. The van der Waals surface area contributed by atoms with Crippen molar-refractivity contribution in [2.45, 2.75) is 18.8 Å². The molecule has 1 aromatic carbocycles. The first-order chi connectivity index (χ1) is 10.1. The molecule has 0 radical (unpaired) electrons. The van der Waals surface area contributed by atoms with E-state index in [0.717, 1.165) is 41.4 Å². The summed E-state index contributed by atoms with van der Waals surface area (Å²) in [5, 5.41) is 11.8. The van der Waals surface area contributed by atoms with Crippen LogP contribution in [0.15, 0.2) is 30.5 Å². The Morgan fingerprint density at radius 1 is 1.29 bits per heavy atom. The highest BCUT2D eigenvalue weighted by atomic mass is 32.1. The number of piperidine rings is 1. The van der Waals surface area contributed by atoms with E-state index in [1.807, 2.05) is 10.5 Å². The van der Waals surface area contributed by atoms with E-state index in [0.29, 0.717) is 5.92 Å². The van der Waals surface area contributed by atoms with Crippen molar-refractivity contribution >= 4 is 29.8 Å². The van der Waals surface area contributed by atoms with Gasteiger partial charge >= 0.3 is 0 Å². The molecule has 0 saturated carbocycles. The van der Waals surface area contributed by atoms with Gasteiger partial charge in [0.1, 0.15) is 0 Å². The van der Waals surface area contributed by atoms with Crippen LogP contribution in [-0.4, -0.2) is 27.3 Å². The van der Waals surface area contributed by atoms with Crippen molar-refractivity contribution in [3.05, 3.63) is 45.6 Å². The lowest BCUT2D eigenvalue weighted by Crippen LogP contribution is -2.25. The van der Waals surface area contributed by atoms with Crippen molar-refractivity contribution in [2.75, 3.05) is 13.1 Å². The molecule has 0 bridgehead atoms. The number of hydrogen-bond acceptors (Lipinski definition) is 6. The van der Waals surface area contributed by atoms with Crippen LogP contribution < -0.4 is 0 Å². The van der Waals surface area contributed by atoms with Crippen molar-refractivity contribution in [1.82, 2.24) is 9.29 Å². The number of benzene rings is 1. The maximum absolute atomic E-state index is 10.7. The van der Waals surface area contributed by atoms with Crippen LogP contribution in [0.25, 0.3) is 10.4 Å². The SMILES string of the molecule is O=[N+]([O-])c1ccc(-c2cnc(C3CCN(S)CC3)s2)cc1. The highest BCUT2D eigenvalue weighted by Gasteiger charge is 2.21. The van der Waals surface area contributed by atoms with Gasteiger partial charge in [0.25, 0.3) is 5.69 Å². The number of thiol groups is 1. The third-order valence-corrected chi connectivity index (χ3v) is 5.32. The molecule has 0 amide bonds. The molecule has 1 aliphatic heterocycles. The molecular weight excluding hydrogens is 306 g/mol. The van der Waals surface area contributed by atoms with Gasteiger partial charge in [-0.15, -0.1) is 11.3 Å². The summed E-state index contributed by atoms with van der Waals surface area (Å²) in [5.41, 5.74) is 1.10. The Balaban J connectivity index is 1.76. The summed E-state index contributed by atoms with van der Waals surface area (Å²) in [6.45, 7) is 1.97. The summed E-state index contributed by atoms with van der Waals surface area (Å²) < 4.78 is 2.04. The van der Waals surface area contributed by atoms with E-state index in [2.05, 4.69) is 17.8 Å². The smallest absolute Gasteiger partial charge is 0.258 e.